The molecule has 0 saturated heterocycles. The first-order valence-electron chi connectivity index (χ1n) is 6.12. The molecule has 1 rings (SSSR count). The average Bonchev–Trinajstić information content (AvgIpc) is 2.27. The summed E-state index contributed by atoms with van der Waals surface area (Å²) in [4.78, 5) is 22.6. The molecule has 0 radical (unpaired) electrons. The smallest absolute Gasteiger partial charge is 0.335 e. The van der Waals surface area contributed by atoms with E-state index in [2.05, 4.69) is 5.32 Å². The van der Waals surface area contributed by atoms with E-state index < -0.39 is 23.2 Å². The highest BCUT2D eigenvalue weighted by Crippen LogP contribution is 2.15. The second kappa shape index (κ2) is 5.82. The van der Waals surface area contributed by atoms with Gasteiger partial charge in [0.15, 0.2) is 0 Å². The fraction of sp³-hybridized carbons (Fsp3) is 0.429. The van der Waals surface area contributed by atoms with Crippen molar-refractivity contribution in [3.05, 3.63) is 35.1 Å². The van der Waals surface area contributed by atoms with Gasteiger partial charge in [-0.3, -0.25) is 4.79 Å². The quantitative estimate of drug-likeness (QED) is 0.862. The highest BCUT2D eigenvalue weighted by Gasteiger charge is 2.22. The van der Waals surface area contributed by atoms with Gasteiger partial charge in [-0.25, -0.2) is 9.18 Å². The summed E-state index contributed by atoms with van der Waals surface area (Å²) in [5, 5.41) is 11.5. The maximum atomic E-state index is 13.7. The summed E-state index contributed by atoms with van der Waals surface area (Å²) in [7, 11) is 0. The third kappa shape index (κ3) is 4.05. The summed E-state index contributed by atoms with van der Waals surface area (Å²) in [6.45, 7) is 5.71. The minimum absolute atomic E-state index is 0.144. The van der Waals surface area contributed by atoms with E-state index in [0.717, 1.165) is 18.9 Å². The van der Waals surface area contributed by atoms with Crippen LogP contribution in [0.15, 0.2) is 18.2 Å². The molecule has 1 aromatic rings. The Morgan fingerprint density at radius 1 is 1.37 bits per heavy atom. The van der Waals surface area contributed by atoms with Gasteiger partial charge in [0.1, 0.15) is 5.82 Å². The molecular weight excluding hydrogens is 249 g/mol. The molecule has 0 aliphatic rings. The van der Waals surface area contributed by atoms with Gasteiger partial charge in [-0.15, -0.1) is 0 Å². The van der Waals surface area contributed by atoms with Crippen molar-refractivity contribution < 1.29 is 19.1 Å². The van der Waals surface area contributed by atoms with Crippen LogP contribution in [0.5, 0.6) is 0 Å². The highest BCUT2D eigenvalue weighted by atomic mass is 19.1. The monoisotopic (exact) mass is 267 g/mol. The Balaban J connectivity index is 2.92. The molecule has 0 aliphatic carbocycles. The number of nitrogens with one attached hydrogen (secondary N) is 1. The molecule has 0 aromatic heterocycles. The molecule has 1 amide bonds. The van der Waals surface area contributed by atoms with Crippen molar-refractivity contribution in [2.24, 2.45) is 0 Å². The summed E-state index contributed by atoms with van der Waals surface area (Å²) in [6.07, 6.45) is 1.67. The van der Waals surface area contributed by atoms with Crippen LogP contribution in [0.3, 0.4) is 0 Å². The van der Waals surface area contributed by atoms with Crippen LogP contribution in [0.2, 0.25) is 0 Å². The van der Waals surface area contributed by atoms with Crippen molar-refractivity contribution in [2.75, 3.05) is 0 Å². The number of carboxylic acid groups (broad SMARTS) is 1. The molecule has 0 heterocycles. The van der Waals surface area contributed by atoms with Gasteiger partial charge in [-0.1, -0.05) is 13.3 Å². The Morgan fingerprint density at radius 3 is 2.47 bits per heavy atom. The van der Waals surface area contributed by atoms with E-state index in [1.807, 2.05) is 20.8 Å². The first-order chi connectivity index (χ1) is 8.76. The molecule has 1 aromatic carbocycles. The Hall–Kier alpha value is -1.91. The Labute approximate surface area is 111 Å². The summed E-state index contributed by atoms with van der Waals surface area (Å²) in [6, 6.07) is 3.26. The Bertz CT molecular complexity index is 497. The minimum atomic E-state index is -1.22. The third-order valence-electron chi connectivity index (χ3n) is 2.79. The molecule has 5 heteroatoms. The van der Waals surface area contributed by atoms with Crippen molar-refractivity contribution in [3.8, 4) is 0 Å². The predicted molar refractivity (Wildman–Crippen MR) is 69.8 cm³/mol. The average molecular weight is 267 g/mol. The number of carbonyl (C=O) groups excluding carboxylic acids is 1. The number of amides is 1. The lowest BCUT2D eigenvalue weighted by Crippen LogP contribution is -2.43. The second-order valence-electron chi connectivity index (χ2n) is 5.09. The standard InChI is InChI=1S/C14H18FNO3/c1-4-7-14(2,3)16-12(17)10-6-5-9(13(18)19)8-11(10)15/h5-6,8H,4,7H2,1-3H3,(H,16,17)(H,18,19). The molecule has 0 atom stereocenters. The van der Waals surface area contributed by atoms with E-state index in [1.54, 1.807) is 0 Å². The number of aromatic carboxylic acids is 1. The van der Waals surface area contributed by atoms with E-state index in [1.165, 1.54) is 12.1 Å². The van der Waals surface area contributed by atoms with E-state index in [4.69, 9.17) is 5.11 Å². The first kappa shape index (κ1) is 15.1. The fourth-order valence-corrected chi connectivity index (χ4v) is 1.89. The minimum Gasteiger partial charge on any atom is -0.478 e. The number of carbonyl (C=O) groups is 2. The van der Waals surface area contributed by atoms with Gasteiger partial charge >= 0.3 is 5.97 Å². The molecule has 0 saturated carbocycles. The van der Waals surface area contributed by atoms with Gasteiger partial charge in [-0.05, 0) is 38.5 Å². The SMILES string of the molecule is CCCC(C)(C)NC(=O)c1ccc(C(=O)O)cc1F. The maximum Gasteiger partial charge on any atom is 0.335 e. The van der Waals surface area contributed by atoms with Crippen molar-refractivity contribution in [1.29, 1.82) is 0 Å². The largest absolute Gasteiger partial charge is 0.478 e. The van der Waals surface area contributed by atoms with Crippen molar-refractivity contribution in [1.82, 2.24) is 5.32 Å². The maximum absolute atomic E-state index is 13.7. The van der Waals surface area contributed by atoms with Crippen LogP contribution < -0.4 is 5.32 Å². The van der Waals surface area contributed by atoms with Gasteiger partial charge < -0.3 is 10.4 Å². The van der Waals surface area contributed by atoms with Gasteiger partial charge in [0.2, 0.25) is 0 Å². The van der Waals surface area contributed by atoms with Crippen LogP contribution in [0.1, 0.15) is 54.3 Å². The molecule has 0 unspecified atom stereocenters. The number of hydrogen-bond donors (Lipinski definition) is 2. The molecule has 19 heavy (non-hydrogen) atoms. The van der Waals surface area contributed by atoms with Crippen LogP contribution in [0.4, 0.5) is 4.39 Å². The topological polar surface area (TPSA) is 66.4 Å². The van der Waals surface area contributed by atoms with Crippen molar-refractivity contribution in [2.45, 2.75) is 39.2 Å². The number of hydrogen-bond acceptors (Lipinski definition) is 2. The molecule has 104 valence electrons. The van der Waals surface area contributed by atoms with Crippen molar-refractivity contribution in [3.63, 3.8) is 0 Å². The normalized spacial score (nSPS) is 11.2. The van der Waals surface area contributed by atoms with Crippen LogP contribution in [-0.2, 0) is 0 Å². The van der Waals surface area contributed by atoms with E-state index in [9.17, 15) is 14.0 Å². The molecule has 0 bridgehead atoms. The lowest BCUT2D eigenvalue weighted by Gasteiger charge is -2.25. The number of benzene rings is 1. The number of carboxylic acids is 1. The van der Waals surface area contributed by atoms with Crippen LogP contribution in [0, 0.1) is 5.82 Å². The molecule has 0 fully saturated rings. The highest BCUT2D eigenvalue weighted by molar-refractivity contribution is 5.96. The number of halogens is 1. The lowest BCUT2D eigenvalue weighted by atomic mass is 9.98. The summed E-state index contributed by atoms with van der Waals surface area (Å²) in [5.74, 6) is -2.59. The van der Waals surface area contributed by atoms with Crippen molar-refractivity contribution >= 4 is 11.9 Å². The third-order valence-corrected chi connectivity index (χ3v) is 2.79. The van der Waals surface area contributed by atoms with Gasteiger partial charge in [-0.2, -0.15) is 0 Å². The summed E-state index contributed by atoms with van der Waals surface area (Å²) in [5.41, 5.74) is -0.750. The predicted octanol–water partition coefficient (Wildman–Crippen LogP) is 2.83. The Morgan fingerprint density at radius 2 is 2.00 bits per heavy atom. The first-order valence-corrected chi connectivity index (χ1v) is 6.12. The zero-order valence-electron chi connectivity index (χ0n) is 11.3. The van der Waals surface area contributed by atoms with Crippen LogP contribution >= 0.6 is 0 Å². The molecule has 0 spiro atoms. The van der Waals surface area contributed by atoms with E-state index >= 15 is 0 Å². The zero-order chi connectivity index (χ0) is 14.6. The lowest BCUT2D eigenvalue weighted by molar-refractivity contribution is 0.0695. The summed E-state index contributed by atoms with van der Waals surface area (Å²) < 4.78 is 13.7. The van der Waals surface area contributed by atoms with E-state index in [0.29, 0.717) is 0 Å². The zero-order valence-corrected chi connectivity index (χ0v) is 11.3. The molecule has 0 aliphatic heterocycles. The van der Waals surface area contributed by atoms with Gasteiger partial charge in [0.05, 0.1) is 11.1 Å². The van der Waals surface area contributed by atoms with Gasteiger partial charge in [0.25, 0.3) is 5.91 Å². The molecule has 4 nitrogen and oxygen atoms in total. The van der Waals surface area contributed by atoms with Crippen LogP contribution in [0.25, 0.3) is 0 Å². The molecular formula is C14H18FNO3. The van der Waals surface area contributed by atoms with Crippen LogP contribution in [-0.4, -0.2) is 22.5 Å². The van der Waals surface area contributed by atoms with Gasteiger partial charge in [0, 0.05) is 5.54 Å². The Kier molecular flexibility index (Phi) is 4.64. The summed E-state index contributed by atoms with van der Waals surface area (Å²) >= 11 is 0. The fourth-order valence-electron chi connectivity index (χ4n) is 1.89. The molecule has 2 N–H and O–H groups in total. The van der Waals surface area contributed by atoms with E-state index in [-0.39, 0.29) is 11.1 Å². The second-order valence-corrected chi connectivity index (χ2v) is 5.09. The number of rotatable bonds is 5.